The maximum Gasteiger partial charge on any atom is 0.597 e. The summed E-state index contributed by atoms with van der Waals surface area (Å²) in [5.74, 6) is 0.751. The minimum atomic E-state index is -2.01. The molecule has 0 heterocycles. The van der Waals surface area contributed by atoms with E-state index in [-0.39, 0.29) is 10.8 Å². The summed E-state index contributed by atoms with van der Waals surface area (Å²) in [6, 6.07) is 24.2. The van der Waals surface area contributed by atoms with Crippen LogP contribution in [0.4, 0.5) is 0 Å². The Labute approximate surface area is 175 Å². The first-order chi connectivity index (χ1) is 13.6. The van der Waals surface area contributed by atoms with Crippen molar-refractivity contribution < 1.29 is 9.09 Å². The lowest BCUT2D eigenvalue weighted by molar-refractivity contribution is 0.474. The van der Waals surface area contributed by atoms with Crippen LogP contribution in [0.5, 0.6) is 5.75 Å². The molecule has 0 aliphatic heterocycles. The third-order valence-corrected chi connectivity index (χ3v) is 6.06. The van der Waals surface area contributed by atoms with Gasteiger partial charge in [-0.1, -0.05) is 90.1 Å². The van der Waals surface area contributed by atoms with E-state index in [2.05, 4.69) is 71.9 Å². The average molecular weight is 405 g/mol. The van der Waals surface area contributed by atoms with Crippen LogP contribution in [0.2, 0.25) is 0 Å². The molecule has 3 aromatic rings. The third kappa shape index (κ3) is 4.95. The van der Waals surface area contributed by atoms with Gasteiger partial charge in [0.1, 0.15) is 0 Å². The Hall–Kier alpha value is -2.44. The Morgan fingerprint density at radius 2 is 1.10 bits per heavy atom. The van der Waals surface area contributed by atoms with Crippen LogP contribution in [-0.2, 0) is 15.4 Å². The standard InChI is InChI=1S/C26H30O2P/c1-25(2,3)22-13-10-14-23(26(4,5)6)24(22)28-29(27)21-17-15-20(16-18-21)19-11-8-7-9-12-19/h7-18H,1-6H3/q+1. The first-order valence-corrected chi connectivity index (χ1v) is 11.2. The average Bonchev–Trinajstić information content (AvgIpc) is 2.67. The quantitative estimate of drug-likeness (QED) is 0.423. The Balaban J connectivity index is 1.95. The third-order valence-electron chi connectivity index (χ3n) is 4.99. The van der Waals surface area contributed by atoms with E-state index >= 15 is 0 Å². The summed E-state index contributed by atoms with van der Waals surface area (Å²) in [6.45, 7) is 12.9. The SMILES string of the molecule is CC(C)(C)c1cccc(C(C)(C)C)c1O[P+](=O)c1ccc(-c2ccccc2)cc1. The van der Waals surface area contributed by atoms with E-state index in [1.807, 2.05) is 42.5 Å². The zero-order chi connectivity index (χ0) is 21.2. The molecule has 0 bridgehead atoms. The topological polar surface area (TPSA) is 26.3 Å². The molecule has 0 spiro atoms. The van der Waals surface area contributed by atoms with Gasteiger partial charge in [-0.15, -0.1) is 0 Å². The van der Waals surface area contributed by atoms with Crippen LogP contribution in [0.25, 0.3) is 11.1 Å². The van der Waals surface area contributed by atoms with Crippen molar-refractivity contribution in [3.8, 4) is 16.9 Å². The fourth-order valence-electron chi connectivity index (χ4n) is 3.36. The molecule has 0 aliphatic rings. The molecule has 0 fully saturated rings. The van der Waals surface area contributed by atoms with Crippen molar-refractivity contribution in [1.82, 2.24) is 0 Å². The molecule has 2 nitrogen and oxygen atoms in total. The second-order valence-electron chi connectivity index (χ2n) is 9.44. The maximum absolute atomic E-state index is 13.1. The highest BCUT2D eigenvalue weighted by atomic mass is 31.1. The van der Waals surface area contributed by atoms with Gasteiger partial charge in [0.2, 0.25) is 5.30 Å². The zero-order valence-electron chi connectivity index (χ0n) is 18.2. The van der Waals surface area contributed by atoms with Gasteiger partial charge in [-0.2, -0.15) is 0 Å². The van der Waals surface area contributed by atoms with Gasteiger partial charge in [-0.3, -0.25) is 0 Å². The molecule has 1 unspecified atom stereocenters. The van der Waals surface area contributed by atoms with E-state index in [0.29, 0.717) is 5.30 Å². The zero-order valence-corrected chi connectivity index (χ0v) is 19.1. The smallest absolute Gasteiger partial charge is 0.250 e. The van der Waals surface area contributed by atoms with Gasteiger partial charge in [-0.25, -0.2) is 4.52 Å². The summed E-state index contributed by atoms with van der Waals surface area (Å²) in [4.78, 5) is 0. The summed E-state index contributed by atoms with van der Waals surface area (Å²) in [5, 5.41) is 0.697. The first kappa shape index (κ1) is 21.3. The Morgan fingerprint density at radius 3 is 1.59 bits per heavy atom. The molecular formula is C26H30O2P+. The minimum absolute atomic E-state index is 0.107. The normalized spacial score (nSPS) is 12.6. The summed E-state index contributed by atoms with van der Waals surface area (Å²) < 4.78 is 19.3. The number of rotatable bonds is 4. The molecule has 0 N–H and O–H groups in total. The second kappa shape index (κ2) is 8.13. The van der Waals surface area contributed by atoms with Gasteiger partial charge in [0.05, 0.1) is 0 Å². The van der Waals surface area contributed by atoms with Crippen LogP contribution in [0.15, 0.2) is 72.8 Å². The van der Waals surface area contributed by atoms with E-state index in [1.165, 1.54) is 0 Å². The highest BCUT2D eigenvalue weighted by Gasteiger charge is 2.33. The molecule has 0 amide bonds. The summed E-state index contributed by atoms with van der Waals surface area (Å²) in [5.41, 5.74) is 4.18. The Morgan fingerprint density at radius 1 is 0.621 bits per heavy atom. The lowest BCUT2D eigenvalue weighted by Gasteiger charge is -2.26. The van der Waals surface area contributed by atoms with E-state index in [0.717, 1.165) is 28.0 Å². The predicted octanol–water partition coefficient (Wildman–Crippen LogP) is 7.40. The van der Waals surface area contributed by atoms with Gasteiger partial charge in [0.15, 0.2) is 5.75 Å². The van der Waals surface area contributed by atoms with Crippen LogP contribution in [-0.4, -0.2) is 0 Å². The van der Waals surface area contributed by atoms with Crippen LogP contribution in [0, 0.1) is 0 Å². The molecule has 150 valence electrons. The second-order valence-corrected chi connectivity index (χ2v) is 10.7. The lowest BCUT2D eigenvalue weighted by Crippen LogP contribution is -2.19. The van der Waals surface area contributed by atoms with Crippen LogP contribution in [0.3, 0.4) is 0 Å². The molecule has 29 heavy (non-hydrogen) atoms. The monoisotopic (exact) mass is 405 g/mol. The first-order valence-electron chi connectivity index (χ1n) is 10.0. The van der Waals surface area contributed by atoms with E-state index in [4.69, 9.17) is 4.52 Å². The van der Waals surface area contributed by atoms with Crippen molar-refractivity contribution in [1.29, 1.82) is 0 Å². The van der Waals surface area contributed by atoms with Crippen molar-refractivity contribution in [2.75, 3.05) is 0 Å². The molecule has 3 heteroatoms. The fraction of sp³-hybridized carbons (Fsp3) is 0.308. The molecule has 0 aromatic heterocycles. The highest BCUT2D eigenvalue weighted by molar-refractivity contribution is 7.48. The molecule has 0 aliphatic carbocycles. The molecule has 0 saturated heterocycles. The van der Waals surface area contributed by atoms with Gasteiger partial charge in [0.25, 0.3) is 0 Å². The number of hydrogen-bond donors (Lipinski definition) is 0. The van der Waals surface area contributed by atoms with Crippen LogP contribution < -0.4 is 9.83 Å². The van der Waals surface area contributed by atoms with Gasteiger partial charge >= 0.3 is 8.03 Å². The highest BCUT2D eigenvalue weighted by Crippen LogP contribution is 2.43. The summed E-state index contributed by atoms with van der Waals surface area (Å²) in [7, 11) is -2.01. The fourth-order valence-corrected chi connectivity index (χ4v) is 4.22. The van der Waals surface area contributed by atoms with E-state index in [9.17, 15) is 4.57 Å². The van der Waals surface area contributed by atoms with Gasteiger partial charge in [0, 0.05) is 11.1 Å². The predicted molar refractivity (Wildman–Crippen MR) is 124 cm³/mol. The maximum atomic E-state index is 13.1. The molecule has 0 radical (unpaired) electrons. The van der Waals surface area contributed by atoms with Crippen molar-refractivity contribution in [3.63, 3.8) is 0 Å². The van der Waals surface area contributed by atoms with Crippen molar-refractivity contribution in [2.45, 2.75) is 52.4 Å². The lowest BCUT2D eigenvalue weighted by atomic mass is 9.80. The van der Waals surface area contributed by atoms with E-state index in [1.54, 1.807) is 0 Å². The van der Waals surface area contributed by atoms with Crippen molar-refractivity contribution >= 4 is 13.3 Å². The van der Waals surface area contributed by atoms with Crippen LogP contribution in [0.1, 0.15) is 52.7 Å². The number of benzene rings is 3. The Bertz CT molecular complexity index is 959. The van der Waals surface area contributed by atoms with Crippen LogP contribution >= 0.6 is 8.03 Å². The molecule has 1 atom stereocenters. The van der Waals surface area contributed by atoms with Gasteiger partial charge in [-0.05, 0) is 50.8 Å². The van der Waals surface area contributed by atoms with Crippen molar-refractivity contribution in [2.24, 2.45) is 0 Å². The molecule has 3 aromatic carbocycles. The number of para-hydroxylation sites is 1. The largest absolute Gasteiger partial charge is 0.597 e. The Kier molecular flexibility index (Phi) is 5.96. The minimum Gasteiger partial charge on any atom is -0.250 e. The molecule has 0 saturated carbocycles. The molecular weight excluding hydrogens is 375 g/mol. The van der Waals surface area contributed by atoms with Gasteiger partial charge < -0.3 is 0 Å². The number of hydrogen-bond acceptors (Lipinski definition) is 2. The van der Waals surface area contributed by atoms with E-state index < -0.39 is 8.03 Å². The molecule has 3 rings (SSSR count). The summed E-state index contributed by atoms with van der Waals surface area (Å²) >= 11 is 0. The summed E-state index contributed by atoms with van der Waals surface area (Å²) in [6.07, 6.45) is 0. The van der Waals surface area contributed by atoms with Crippen molar-refractivity contribution in [3.05, 3.63) is 83.9 Å².